The Morgan fingerprint density at radius 1 is 1.39 bits per heavy atom. The van der Waals surface area contributed by atoms with Gasteiger partial charge in [-0.2, -0.15) is 0 Å². The Labute approximate surface area is 105 Å². The Morgan fingerprint density at radius 2 is 2.22 bits per heavy atom. The Bertz CT molecular complexity index is 546. The van der Waals surface area contributed by atoms with Crippen LogP contribution in [0, 0.1) is 0 Å². The van der Waals surface area contributed by atoms with Crippen molar-refractivity contribution in [3.05, 3.63) is 41.0 Å². The summed E-state index contributed by atoms with van der Waals surface area (Å²) in [5, 5.41) is 3.14. The Morgan fingerprint density at radius 3 is 2.83 bits per heavy atom. The predicted octanol–water partition coefficient (Wildman–Crippen LogP) is 1.55. The lowest BCUT2D eigenvalue weighted by atomic mass is 10.2. The van der Waals surface area contributed by atoms with E-state index in [1.165, 1.54) is 0 Å². The Kier molecular flexibility index (Phi) is 3.76. The van der Waals surface area contributed by atoms with Crippen LogP contribution in [0.2, 0.25) is 0 Å². The van der Waals surface area contributed by atoms with Crippen molar-refractivity contribution in [1.82, 2.24) is 19.5 Å². The van der Waals surface area contributed by atoms with Gasteiger partial charge in [0, 0.05) is 31.3 Å². The van der Waals surface area contributed by atoms with Gasteiger partial charge in [0.15, 0.2) is 5.82 Å². The van der Waals surface area contributed by atoms with Crippen molar-refractivity contribution < 1.29 is 0 Å². The topological polar surface area (TPSA) is 75.6 Å². The monoisotopic (exact) mass is 247 g/mol. The smallest absolute Gasteiger partial charge is 0.293 e. The highest BCUT2D eigenvalue weighted by Crippen LogP contribution is 2.15. The Hall–Kier alpha value is -2.11. The molecule has 0 radical (unpaired) electrons. The SMILES string of the molecule is CCC(Nc1nccn(CC)c1=O)c1ncc[nH]1. The van der Waals surface area contributed by atoms with Crippen molar-refractivity contribution in [3.63, 3.8) is 0 Å². The first-order chi connectivity index (χ1) is 8.76. The normalized spacial score (nSPS) is 12.3. The fraction of sp³-hybridized carbons (Fsp3) is 0.417. The first-order valence-electron chi connectivity index (χ1n) is 6.07. The third-order valence-corrected chi connectivity index (χ3v) is 2.82. The van der Waals surface area contributed by atoms with Gasteiger partial charge >= 0.3 is 0 Å². The van der Waals surface area contributed by atoms with Gasteiger partial charge in [0.1, 0.15) is 5.82 Å². The molecule has 96 valence electrons. The highest BCUT2D eigenvalue weighted by Gasteiger charge is 2.14. The van der Waals surface area contributed by atoms with Gasteiger partial charge in [-0.15, -0.1) is 0 Å². The van der Waals surface area contributed by atoms with Crippen LogP contribution in [0.5, 0.6) is 0 Å². The number of aromatic nitrogens is 4. The zero-order valence-electron chi connectivity index (χ0n) is 10.6. The quantitative estimate of drug-likeness (QED) is 0.840. The maximum atomic E-state index is 12.0. The summed E-state index contributed by atoms with van der Waals surface area (Å²) in [6, 6.07) is -0.0343. The van der Waals surface area contributed by atoms with Gasteiger partial charge in [-0.05, 0) is 13.3 Å². The maximum absolute atomic E-state index is 12.0. The van der Waals surface area contributed by atoms with Gasteiger partial charge in [0.05, 0.1) is 6.04 Å². The van der Waals surface area contributed by atoms with Crippen molar-refractivity contribution in [1.29, 1.82) is 0 Å². The minimum atomic E-state index is -0.106. The van der Waals surface area contributed by atoms with Gasteiger partial charge in [-0.1, -0.05) is 6.92 Å². The molecule has 0 saturated carbocycles. The van der Waals surface area contributed by atoms with Crippen molar-refractivity contribution >= 4 is 5.82 Å². The molecule has 0 saturated heterocycles. The minimum absolute atomic E-state index is 0.0343. The average Bonchev–Trinajstić information content (AvgIpc) is 2.91. The highest BCUT2D eigenvalue weighted by molar-refractivity contribution is 5.33. The van der Waals surface area contributed by atoms with E-state index in [-0.39, 0.29) is 11.6 Å². The fourth-order valence-electron chi connectivity index (χ4n) is 1.79. The molecule has 6 nitrogen and oxygen atoms in total. The zero-order chi connectivity index (χ0) is 13.0. The average molecular weight is 247 g/mol. The van der Waals surface area contributed by atoms with E-state index in [1.807, 2.05) is 13.8 Å². The molecular formula is C12H17N5O. The molecule has 0 fully saturated rings. The van der Waals surface area contributed by atoms with Crippen LogP contribution in [0.15, 0.2) is 29.6 Å². The van der Waals surface area contributed by atoms with Crippen LogP contribution in [0.4, 0.5) is 5.82 Å². The molecule has 1 atom stereocenters. The second-order valence-electron chi connectivity index (χ2n) is 3.95. The number of H-pyrrole nitrogens is 1. The molecule has 2 aromatic heterocycles. The highest BCUT2D eigenvalue weighted by atomic mass is 16.1. The van der Waals surface area contributed by atoms with Crippen molar-refractivity contribution in [2.24, 2.45) is 0 Å². The number of nitrogens with one attached hydrogen (secondary N) is 2. The molecular weight excluding hydrogens is 230 g/mol. The molecule has 0 spiro atoms. The van der Waals surface area contributed by atoms with E-state index in [9.17, 15) is 4.79 Å². The molecule has 1 unspecified atom stereocenters. The van der Waals surface area contributed by atoms with Crippen LogP contribution < -0.4 is 10.9 Å². The van der Waals surface area contributed by atoms with Crippen LogP contribution >= 0.6 is 0 Å². The molecule has 0 bridgehead atoms. The van der Waals surface area contributed by atoms with Crippen molar-refractivity contribution in [2.45, 2.75) is 32.9 Å². The van der Waals surface area contributed by atoms with Gasteiger partial charge in [0.2, 0.25) is 0 Å². The minimum Gasteiger partial charge on any atom is -0.356 e. The number of aryl methyl sites for hydroxylation is 1. The number of nitrogens with zero attached hydrogens (tertiary/aromatic N) is 3. The van der Waals surface area contributed by atoms with E-state index in [0.717, 1.165) is 12.2 Å². The van der Waals surface area contributed by atoms with Crippen LogP contribution in [-0.4, -0.2) is 19.5 Å². The maximum Gasteiger partial charge on any atom is 0.293 e. The van der Waals surface area contributed by atoms with Gasteiger partial charge in [0.25, 0.3) is 5.56 Å². The molecule has 0 amide bonds. The van der Waals surface area contributed by atoms with Gasteiger partial charge in [-0.3, -0.25) is 4.79 Å². The summed E-state index contributed by atoms with van der Waals surface area (Å²) in [7, 11) is 0. The first kappa shape index (κ1) is 12.3. The molecule has 0 aliphatic carbocycles. The van der Waals surface area contributed by atoms with E-state index in [4.69, 9.17) is 0 Å². The second kappa shape index (κ2) is 5.48. The molecule has 18 heavy (non-hydrogen) atoms. The number of aromatic amines is 1. The summed E-state index contributed by atoms with van der Waals surface area (Å²) in [6.07, 6.45) is 7.59. The molecule has 2 aromatic rings. The van der Waals surface area contributed by atoms with Crippen LogP contribution in [-0.2, 0) is 6.54 Å². The van der Waals surface area contributed by atoms with E-state index in [2.05, 4.69) is 20.3 Å². The molecule has 2 rings (SSSR count). The van der Waals surface area contributed by atoms with Gasteiger partial charge < -0.3 is 14.9 Å². The fourth-order valence-corrected chi connectivity index (χ4v) is 1.79. The molecule has 6 heteroatoms. The predicted molar refractivity (Wildman–Crippen MR) is 69.4 cm³/mol. The summed E-state index contributed by atoms with van der Waals surface area (Å²) >= 11 is 0. The third kappa shape index (κ3) is 2.42. The summed E-state index contributed by atoms with van der Waals surface area (Å²) in [6.45, 7) is 4.59. The third-order valence-electron chi connectivity index (χ3n) is 2.82. The number of imidazole rings is 1. The largest absolute Gasteiger partial charge is 0.356 e. The number of hydrogen-bond donors (Lipinski definition) is 2. The number of rotatable bonds is 5. The molecule has 0 aliphatic rings. The van der Waals surface area contributed by atoms with Crippen molar-refractivity contribution in [3.8, 4) is 0 Å². The molecule has 0 aliphatic heterocycles. The standard InChI is InChI=1S/C12H17N5O/c1-3-9(10-13-5-6-14-10)16-11-12(18)17(4-2)8-7-15-11/h5-9H,3-4H2,1-2H3,(H,13,14)(H,15,16). The lowest BCUT2D eigenvalue weighted by molar-refractivity contribution is 0.680. The van der Waals surface area contributed by atoms with Crippen LogP contribution in [0.3, 0.4) is 0 Å². The summed E-state index contributed by atoms with van der Waals surface area (Å²) in [5.74, 6) is 1.17. The lowest BCUT2D eigenvalue weighted by Crippen LogP contribution is -2.25. The lowest BCUT2D eigenvalue weighted by Gasteiger charge is -2.15. The van der Waals surface area contributed by atoms with Crippen LogP contribution in [0.25, 0.3) is 0 Å². The van der Waals surface area contributed by atoms with Crippen LogP contribution in [0.1, 0.15) is 32.1 Å². The van der Waals surface area contributed by atoms with E-state index in [1.54, 1.807) is 29.4 Å². The number of hydrogen-bond acceptors (Lipinski definition) is 4. The van der Waals surface area contributed by atoms with E-state index < -0.39 is 0 Å². The van der Waals surface area contributed by atoms with E-state index >= 15 is 0 Å². The summed E-state index contributed by atoms with van der Waals surface area (Å²) in [5.41, 5.74) is -0.106. The van der Waals surface area contributed by atoms with Gasteiger partial charge in [-0.25, -0.2) is 9.97 Å². The zero-order valence-corrected chi connectivity index (χ0v) is 10.6. The number of anilines is 1. The molecule has 2 heterocycles. The summed E-state index contributed by atoms with van der Waals surface area (Å²) in [4.78, 5) is 23.4. The summed E-state index contributed by atoms with van der Waals surface area (Å²) < 4.78 is 1.62. The first-order valence-corrected chi connectivity index (χ1v) is 6.07. The Balaban J connectivity index is 2.25. The molecule has 0 aromatic carbocycles. The second-order valence-corrected chi connectivity index (χ2v) is 3.95. The van der Waals surface area contributed by atoms with E-state index in [0.29, 0.717) is 12.4 Å². The van der Waals surface area contributed by atoms with Crippen molar-refractivity contribution in [2.75, 3.05) is 5.32 Å². The molecule has 2 N–H and O–H groups in total.